The highest BCUT2D eigenvalue weighted by atomic mass is 16.5. The molecule has 1 heterocycles. The van der Waals surface area contributed by atoms with Gasteiger partial charge in [-0.05, 0) is 43.7 Å². The summed E-state index contributed by atoms with van der Waals surface area (Å²) in [5, 5.41) is 7.77. The summed E-state index contributed by atoms with van der Waals surface area (Å²) >= 11 is 0. The number of methoxy groups -OCH3 is 1. The summed E-state index contributed by atoms with van der Waals surface area (Å²) in [7, 11) is 1.71. The van der Waals surface area contributed by atoms with Crippen LogP contribution in [0.1, 0.15) is 36.6 Å². The molecule has 0 fully saturated rings. The minimum Gasteiger partial charge on any atom is -0.496 e. The van der Waals surface area contributed by atoms with Gasteiger partial charge in [0.15, 0.2) is 0 Å². The van der Waals surface area contributed by atoms with Gasteiger partial charge in [0.25, 0.3) is 0 Å². The van der Waals surface area contributed by atoms with E-state index in [9.17, 15) is 0 Å². The molecule has 20 heavy (non-hydrogen) atoms. The van der Waals surface area contributed by atoms with Gasteiger partial charge in [0.2, 0.25) is 0 Å². The Labute approximate surface area is 120 Å². The molecule has 1 N–H and O–H groups in total. The van der Waals surface area contributed by atoms with E-state index < -0.39 is 0 Å². The number of hydrogen-bond donors (Lipinski definition) is 1. The second-order valence-corrected chi connectivity index (χ2v) is 5.07. The van der Waals surface area contributed by atoms with Gasteiger partial charge in [0.05, 0.1) is 19.9 Å². The van der Waals surface area contributed by atoms with Crippen molar-refractivity contribution in [2.45, 2.75) is 33.4 Å². The van der Waals surface area contributed by atoms with Crippen LogP contribution >= 0.6 is 0 Å². The van der Waals surface area contributed by atoms with Crippen LogP contribution in [0.2, 0.25) is 0 Å². The molecular formula is C16H23N3O. The lowest BCUT2D eigenvalue weighted by molar-refractivity contribution is 0.407. The zero-order valence-corrected chi connectivity index (χ0v) is 12.7. The van der Waals surface area contributed by atoms with Gasteiger partial charge in [-0.3, -0.25) is 4.68 Å². The molecule has 2 aromatic rings. The average Bonchev–Trinajstić information content (AvgIpc) is 2.84. The van der Waals surface area contributed by atoms with Crippen LogP contribution in [0.4, 0.5) is 0 Å². The molecule has 1 aromatic heterocycles. The summed E-state index contributed by atoms with van der Waals surface area (Å²) in [5.74, 6) is 0.908. The number of nitrogens with zero attached hydrogens (tertiary/aromatic N) is 2. The summed E-state index contributed by atoms with van der Waals surface area (Å²) < 4.78 is 7.40. The summed E-state index contributed by atoms with van der Waals surface area (Å²) in [5.41, 5.74) is 3.59. The second kappa shape index (κ2) is 6.57. The first kappa shape index (κ1) is 14.6. The molecule has 0 bridgehead atoms. The Morgan fingerprint density at radius 1 is 1.40 bits per heavy atom. The minimum absolute atomic E-state index is 0.337. The maximum absolute atomic E-state index is 5.46. The highest BCUT2D eigenvalue weighted by Gasteiger charge is 2.10. The number of benzene rings is 1. The first-order chi connectivity index (χ1) is 9.63. The van der Waals surface area contributed by atoms with E-state index in [0.29, 0.717) is 6.04 Å². The predicted octanol–water partition coefficient (Wildman–Crippen LogP) is 2.92. The van der Waals surface area contributed by atoms with Crippen LogP contribution in [-0.4, -0.2) is 23.4 Å². The van der Waals surface area contributed by atoms with Gasteiger partial charge < -0.3 is 10.1 Å². The third-order valence-electron chi connectivity index (χ3n) is 3.41. The molecule has 1 unspecified atom stereocenters. The number of rotatable bonds is 6. The molecule has 2 rings (SSSR count). The Balaban J connectivity index is 2.26. The van der Waals surface area contributed by atoms with Gasteiger partial charge in [0.1, 0.15) is 5.75 Å². The van der Waals surface area contributed by atoms with E-state index in [0.717, 1.165) is 24.4 Å². The number of aromatic nitrogens is 2. The van der Waals surface area contributed by atoms with Crippen LogP contribution < -0.4 is 10.1 Å². The summed E-state index contributed by atoms with van der Waals surface area (Å²) in [6.07, 6.45) is 3.91. The molecular weight excluding hydrogens is 250 g/mol. The fourth-order valence-electron chi connectivity index (χ4n) is 2.34. The number of ether oxygens (including phenoxy) is 1. The zero-order chi connectivity index (χ0) is 14.5. The lowest BCUT2D eigenvalue weighted by Crippen LogP contribution is -2.18. The Bertz CT molecular complexity index is 563. The fraction of sp³-hybridized carbons (Fsp3) is 0.438. The third kappa shape index (κ3) is 3.39. The molecule has 0 amide bonds. The zero-order valence-electron chi connectivity index (χ0n) is 12.7. The topological polar surface area (TPSA) is 39.1 Å². The maximum Gasteiger partial charge on any atom is 0.123 e. The first-order valence-corrected chi connectivity index (χ1v) is 7.03. The van der Waals surface area contributed by atoms with E-state index in [2.05, 4.69) is 36.4 Å². The fourth-order valence-corrected chi connectivity index (χ4v) is 2.34. The molecule has 1 atom stereocenters. The van der Waals surface area contributed by atoms with Gasteiger partial charge in [-0.1, -0.05) is 13.0 Å². The van der Waals surface area contributed by atoms with Crippen molar-refractivity contribution in [3.8, 4) is 5.75 Å². The van der Waals surface area contributed by atoms with Gasteiger partial charge in [-0.2, -0.15) is 5.10 Å². The quantitative estimate of drug-likeness (QED) is 0.879. The molecule has 0 saturated carbocycles. The molecule has 4 nitrogen and oxygen atoms in total. The summed E-state index contributed by atoms with van der Waals surface area (Å²) in [6, 6.07) is 6.69. The smallest absolute Gasteiger partial charge is 0.123 e. The predicted molar refractivity (Wildman–Crippen MR) is 81.2 cm³/mol. The van der Waals surface area contributed by atoms with Gasteiger partial charge in [-0.25, -0.2) is 0 Å². The third-order valence-corrected chi connectivity index (χ3v) is 3.41. The first-order valence-electron chi connectivity index (χ1n) is 7.03. The summed E-state index contributed by atoms with van der Waals surface area (Å²) in [4.78, 5) is 0. The van der Waals surface area contributed by atoms with E-state index in [-0.39, 0.29) is 0 Å². The van der Waals surface area contributed by atoms with Crippen LogP contribution in [0.5, 0.6) is 5.75 Å². The second-order valence-electron chi connectivity index (χ2n) is 5.07. The molecule has 0 aliphatic rings. The Hall–Kier alpha value is -1.81. The van der Waals surface area contributed by atoms with Crippen molar-refractivity contribution in [3.63, 3.8) is 0 Å². The number of hydrogen-bond acceptors (Lipinski definition) is 3. The Kier molecular flexibility index (Phi) is 4.79. The van der Waals surface area contributed by atoms with E-state index in [1.807, 2.05) is 30.1 Å². The molecule has 0 radical (unpaired) electrons. The van der Waals surface area contributed by atoms with Crippen molar-refractivity contribution < 1.29 is 4.74 Å². The highest BCUT2D eigenvalue weighted by Crippen LogP contribution is 2.24. The van der Waals surface area contributed by atoms with Crippen LogP contribution in [0, 0.1) is 6.92 Å². The van der Waals surface area contributed by atoms with Crippen molar-refractivity contribution in [2.24, 2.45) is 0 Å². The molecule has 0 aliphatic heterocycles. The van der Waals surface area contributed by atoms with Gasteiger partial charge in [-0.15, -0.1) is 0 Å². The van der Waals surface area contributed by atoms with Crippen LogP contribution in [0.25, 0.3) is 0 Å². The van der Waals surface area contributed by atoms with E-state index in [1.54, 1.807) is 7.11 Å². The summed E-state index contributed by atoms with van der Waals surface area (Å²) in [6.45, 7) is 8.02. The Morgan fingerprint density at radius 2 is 2.20 bits per heavy atom. The van der Waals surface area contributed by atoms with Crippen molar-refractivity contribution in [2.75, 3.05) is 13.7 Å². The average molecular weight is 273 g/mol. The number of nitrogens with one attached hydrogen (secondary N) is 1. The van der Waals surface area contributed by atoms with Crippen LogP contribution in [-0.2, 0) is 6.54 Å². The highest BCUT2D eigenvalue weighted by molar-refractivity contribution is 5.38. The molecule has 0 aliphatic carbocycles. The van der Waals surface area contributed by atoms with Crippen LogP contribution in [0.15, 0.2) is 30.6 Å². The Morgan fingerprint density at radius 3 is 2.80 bits per heavy atom. The van der Waals surface area contributed by atoms with Crippen LogP contribution in [0.3, 0.4) is 0 Å². The van der Waals surface area contributed by atoms with Crippen molar-refractivity contribution >= 4 is 0 Å². The SMILES string of the molecule is CCNC(C)c1ccc(OC)c(Cn2cc(C)cn2)c1. The van der Waals surface area contributed by atoms with Crippen molar-refractivity contribution in [1.82, 2.24) is 15.1 Å². The number of aryl methyl sites for hydroxylation is 1. The van der Waals surface area contributed by atoms with E-state index in [4.69, 9.17) is 4.74 Å². The van der Waals surface area contributed by atoms with Gasteiger partial charge >= 0.3 is 0 Å². The van der Waals surface area contributed by atoms with E-state index in [1.165, 1.54) is 11.1 Å². The lowest BCUT2D eigenvalue weighted by Gasteiger charge is -2.16. The van der Waals surface area contributed by atoms with Crippen molar-refractivity contribution in [1.29, 1.82) is 0 Å². The molecule has 1 aromatic carbocycles. The molecule has 0 saturated heterocycles. The van der Waals surface area contributed by atoms with E-state index >= 15 is 0 Å². The normalized spacial score (nSPS) is 12.4. The largest absolute Gasteiger partial charge is 0.496 e. The molecule has 4 heteroatoms. The molecule has 108 valence electrons. The maximum atomic E-state index is 5.46. The molecule has 0 spiro atoms. The minimum atomic E-state index is 0.337. The monoisotopic (exact) mass is 273 g/mol. The van der Waals surface area contributed by atoms with Crippen molar-refractivity contribution in [3.05, 3.63) is 47.3 Å². The van der Waals surface area contributed by atoms with Gasteiger partial charge in [0, 0.05) is 17.8 Å². The lowest BCUT2D eigenvalue weighted by atomic mass is 10.0. The standard InChI is InChI=1S/C16H23N3O/c1-5-17-13(3)14-6-7-16(20-4)15(8-14)11-19-10-12(2)9-18-19/h6-10,13,17H,5,11H2,1-4H3.